The Morgan fingerprint density at radius 3 is 2.50 bits per heavy atom. The molecule has 168 valence electrons. The first-order valence-electron chi connectivity index (χ1n) is 10.6. The number of fused-ring (bicyclic) bond motifs is 1. The van der Waals surface area contributed by atoms with E-state index in [1.165, 1.54) is 10.5 Å². The summed E-state index contributed by atoms with van der Waals surface area (Å²) in [7, 11) is 0. The minimum absolute atomic E-state index is 0.00117. The van der Waals surface area contributed by atoms with Gasteiger partial charge in [0.25, 0.3) is 11.5 Å². The largest absolute Gasteiger partial charge is 0.438 e. The molecule has 4 rings (SSSR count). The third-order valence-electron chi connectivity index (χ3n) is 5.43. The zero-order valence-corrected chi connectivity index (χ0v) is 19.0. The molecule has 0 aliphatic carbocycles. The highest BCUT2D eigenvalue weighted by atomic mass is 16.5. The summed E-state index contributed by atoms with van der Waals surface area (Å²) in [4.78, 5) is 30.8. The summed E-state index contributed by atoms with van der Waals surface area (Å²) >= 11 is 0. The van der Waals surface area contributed by atoms with Crippen molar-refractivity contribution in [1.29, 1.82) is 5.26 Å². The van der Waals surface area contributed by atoms with Crippen LogP contribution in [-0.2, 0) is 4.79 Å². The number of nitrogens with zero attached hydrogens (tertiary/aromatic N) is 3. The van der Waals surface area contributed by atoms with E-state index in [0.717, 1.165) is 16.7 Å². The van der Waals surface area contributed by atoms with Crippen molar-refractivity contribution in [2.45, 2.75) is 20.8 Å². The summed E-state index contributed by atoms with van der Waals surface area (Å²) in [5, 5.41) is 12.4. The van der Waals surface area contributed by atoms with Crippen molar-refractivity contribution >= 4 is 23.3 Å². The van der Waals surface area contributed by atoms with Crippen LogP contribution in [0.15, 0.2) is 77.2 Å². The summed E-state index contributed by atoms with van der Waals surface area (Å²) in [6.45, 7) is 5.74. The lowest BCUT2D eigenvalue weighted by Crippen LogP contribution is -2.20. The van der Waals surface area contributed by atoms with Crippen LogP contribution >= 0.6 is 0 Å². The lowest BCUT2D eigenvalue weighted by Gasteiger charge is -2.11. The van der Waals surface area contributed by atoms with Crippen LogP contribution in [-0.4, -0.2) is 15.3 Å². The van der Waals surface area contributed by atoms with Crippen molar-refractivity contribution in [2.75, 3.05) is 5.32 Å². The Labute approximate surface area is 196 Å². The van der Waals surface area contributed by atoms with Gasteiger partial charge >= 0.3 is 0 Å². The smallest absolute Gasteiger partial charge is 0.269 e. The lowest BCUT2D eigenvalue weighted by molar-refractivity contribution is -0.112. The highest BCUT2D eigenvalue weighted by Gasteiger charge is 2.18. The standard InChI is InChI=1S/C27H22N4O3/c1-17-11-12-21(14-19(17)3)29-25(32)20(16-28)15-23-26(34-22-9-5-4-6-10-22)30-24-18(2)8-7-13-31(24)27(23)33/h4-15H,1-3H3,(H,29,32)/b20-15-. The van der Waals surface area contributed by atoms with E-state index >= 15 is 0 Å². The van der Waals surface area contributed by atoms with Gasteiger partial charge in [0.2, 0.25) is 5.88 Å². The molecule has 7 nitrogen and oxygen atoms in total. The fraction of sp³-hybridized carbons (Fsp3) is 0.111. The summed E-state index contributed by atoms with van der Waals surface area (Å²) in [6, 6.07) is 19.8. The summed E-state index contributed by atoms with van der Waals surface area (Å²) < 4.78 is 7.29. The Kier molecular flexibility index (Phi) is 6.24. The van der Waals surface area contributed by atoms with Crippen molar-refractivity contribution in [1.82, 2.24) is 9.38 Å². The van der Waals surface area contributed by atoms with Gasteiger partial charge in [0.15, 0.2) is 0 Å². The van der Waals surface area contributed by atoms with E-state index < -0.39 is 11.5 Å². The lowest BCUT2D eigenvalue weighted by atomic mass is 10.1. The van der Waals surface area contributed by atoms with Crippen LogP contribution in [0.2, 0.25) is 0 Å². The second-order valence-corrected chi connectivity index (χ2v) is 7.86. The second-order valence-electron chi connectivity index (χ2n) is 7.86. The number of amides is 1. The van der Waals surface area contributed by atoms with Crippen LogP contribution in [0.3, 0.4) is 0 Å². The number of aryl methyl sites for hydroxylation is 3. The maximum Gasteiger partial charge on any atom is 0.269 e. The molecule has 0 saturated carbocycles. The van der Waals surface area contributed by atoms with Gasteiger partial charge in [-0.15, -0.1) is 0 Å². The monoisotopic (exact) mass is 450 g/mol. The Morgan fingerprint density at radius 2 is 1.79 bits per heavy atom. The number of carbonyl (C=O) groups excluding carboxylic acids is 1. The molecule has 2 heterocycles. The maximum atomic E-state index is 13.4. The zero-order valence-electron chi connectivity index (χ0n) is 19.0. The van der Waals surface area contributed by atoms with E-state index in [-0.39, 0.29) is 17.0 Å². The molecule has 0 saturated heterocycles. The van der Waals surface area contributed by atoms with Gasteiger partial charge < -0.3 is 10.1 Å². The van der Waals surface area contributed by atoms with E-state index in [0.29, 0.717) is 17.1 Å². The molecular weight excluding hydrogens is 428 g/mol. The zero-order chi connectivity index (χ0) is 24.2. The van der Waals surface area contributed by atoms with Crippen LogP contribution < -0.4 is 15.6 Å². The van der Waals surface area contributed by atoms with E-state index in [2.05, 4.69) is 10.3 Å². The van der Waals surface area contributed by atoms with Gasteiger partial charge in [0.1, 0.15) is 28.6 Å². The summed E-state index contributed by atoms with van der Waals surface area (Å²) in [6.07, 6.45) is 2.81. The van der Waals surface area contributed by atoms with E-state index in [1.54, 1.807) is 42.6 Å². The predicted molar refractivity (Wildman–Crippen MR) is 131 cm³/mol. The Morgan fingerprint density at radius 1 is 1.03 bits per heavy atom. The first-order valence-corrected chi connectivity index (χ1v) is 10.6. The maximum absolute atomic E-state index is 13.4. The molecule has 1 amide bonds. The fourth-order valence-corrected chi connectivity index (χ4v) is 3.40. The molecule has 0 spiro atoms. The highest BCUT2D eigenvalue weighted by Crippen LogP contribution is 2.25. The number of carbonyl (C=O) groups is 1. The van der Waals surface area contributed by atoms with Crippen LogP contribution in [0.1, 0.15) is 22.3 Å². The van der Waals surface area contributed by atoms with Gasteiger partial charge in [0.05, 0.1) is 0 Å². The van der Waals surface area contributed by atoms with Gasteiger partial charge in [-0.25, -0.2) is 0 Å². The molecule has 0 unspecified atom stereocenters. The minimum atomic E-state index is -0.634. The van der Waals surface area contributed by atoms with Crippen LogP contribution in [0.25, 0.3) is 11.7 Å². The molecule has 0 atom stereocenters. The minimum Gasteiger partial charge on any atom is -0.438 e. The molecular formula is C27H22N4O3. The van der Waals surface area contributed by atoms with E-state index in [4.69, 9.17) is 4.74 Å². The quantitative estimate of drug-likeness (QED) is 0.342. The van der Waals surface area contributed by atoms with Crippen molar-refractivity contribution in [3.8, 4) is 17.7 Å². The molecule has 1 N–H and O–H groups in total. The average molecular weight is 450 g/mol. The fourth-order valence-electron chi connectivity index (χ4n) is 3.40. The van der Waals surface area contributed by atoms with Gasteiger partial charge in [-0.1, -0.05) is 30.3 Å². The first-order chi connectivity index (χ1) is 16.4. The molecule has 0 aliphatic heterocycles. The number of nitrogens with one attached hydrogen (secondary N) is 1. The van der Waals surface area contributed by atoms with Crippen LogP contribution in [0.4, 0.5) is 5.69 Å². The predicted octanol–water partition coefficient (Wildman–Crippen LogP) is 4.96. The Bertz CT molecular complexity index is 1530. The molecule has 4 aromatic rings. The number of nitriles is 1. The highest BCUT2D eigenvalue weighted by molar-refractivity contribution is 6.09. The number of anilines is 1. The molecule has 2 aromatic heterocycles. The molecule has 0 radical (unpaired) electrons. The molecule has 34 heavy (non-hydrogen) atoms. The van der Waals surface area contributed by atoms with Gasteiger partial charge in [-0.3, -0.25) is 14.0 Å². The number of pyridine rings is 1. The number of para-hydroxylation sites is 1. The van der Waals surface area contributed by atoms with E-state index in [9.17, 15) is 14.9 Å². The van der Waals surface area contributed by atoms with Crippen LogP contribution in [0, 0.1) is 32.1 Å². The normalized spacial score (nSPS) is 11.2. The number of hydrogen-bond acceptors (Lipinski definition) is 5. The average Bonchev–Trinajstić information content (AvgIpc) is 2.83. The third kappa shape index (κ3) is 4.57. The van der Waals surface area contributed by atoms with Crippen molar-refractivity contribution in [3.05, 3.63) is 105 Å². The summed E-state index contributed by atoms with van der Waals surface area (Å²) in [5.74, 6) is -0.151. The summed E-state index contributed by atoms with van der Waals surface area (Å²) in [5.41, 5.74) is 3.15. The first kappa shape index (κ1) is 22.5. The number of benzene rings is 2. The third-order valence-corrected chi connectivity index (χ3v) is 5.43. The molecule has 0 aliphatic rings. The van der Waals surface area contributed by atoms with Gasteiger partial charge in [0, 0.05) is 11.9 Å². The van der Waals surface area contributed by atoms with Gasteiger partial charge in [-0.05, 0) is 73.9 Å². The second kappa shape index (κ2) is 9.43. The number of aromatic nitrogens is 2. The number of hydrogen-bond donors (Lipinski definition) is 1. The molecule has 7 heteroatoms. The van der Waals surface area contributed by atoms with Crippen molar-refractivity contribution < 1.29 is 9.53 Å². The SMILES string of the molecule is Cc1ccc(NC(=O)/C(C#N)=C\c2c(Oc3ccccc3)nc3c(C)cccn3c2=O)cc1C. The topological polar surface area (TPSA) is 96.5 Å². The molecule has 2 aromatic carbocycles. The molecule has 0 fully saturated rings. The molecule has 0 bridgehead atoms. The Balaban J connectivity index is 1.82. The van der Waals surface area contributed by atoms with E-state index in [1.807, 2.05) is 51.1 Å². The van der Waals surface area contributed by atoms with Gasteiger partial charge in [-0.2, -0.15) is 10.2 Å². The Hall–Kier alpha value is -4.70. The number of rotatable bonds is 5. The van der Waals surface area contributed by atoms with Crippen molar-refractivity contribution in [3.63, 3.8) is 0 Å². The number of ether oxygens (including phenoxy) is 1. The van der Waals surface area contributed by atoms with Crippen molar-refractivity contribution in [2.24, 2.45) is 0 Å². The van der Waals surface area contributed by atoms with Crippen LogP contribution in [0.5, 0.6) is 11.6 Å².